The van der Waals surface area contributed by atoms with E-state index >= 15 is 0 Å². The summed E-state index contributed by atoms with van der Waals surface area (Å²) in [5.41, 5.74) is -0.186. The lowest BCUT2D eigenvalue weighted by Crippen LogP contribution is -2.42. The van der Waals surface area contributed by atoms with Crippen LogP contribution in [0.1, 0.15) is 60.8 Å². The van der Waals surface area contributed by atoms with Crippen LogP contribution in [0.15, 0.2) is 4.99 Å². The first-order valence-corrected chi connectivity index (χ1v) is 11.5. The first kappa shape index (κ1) is 20.4. The standard InChI is InChI=1S/C18H35NO3Si/c1-16(2,3)22-15(20)13-19-12-11-18(9-10-18)14-21-23(7,8)17(4,5)6/h12H,9-11,13-14H2,1-8H3. The fraction of sp³-hybridized carbons (Fsp3) is 0.889. The average molecular weight is 342 g/mol. The summed E-state index contributed by atoms with van der Waals surface area (Å²) in [6.07, 6.45) is 5.16. The Morgan fingerprint density at radius 3 is 2.17 bits per heavy atom. The van der Waals surface area contributed by atoms with E-state index in [-0.39, 0.29) is 23.0 Å². The molecule has 0 spiro atoms. The van der Waals surface area contributed by atoms with Crippen molar-refractivity contribution in [3.05, 3.63) is 0 Å². The maximum Gasteiger partial charge on any atom is 0.328 e. The predicted octanol–water partition coefficient (Wildman–Crippen LogP) is 4.59. The van der Waals surface area contributed by atoms with E-state index in [2.05, 4.69) is 38.9 Å². The molecule has 1 saturated carbocycles. The van der Waals surface area contributed by atoms with Crippen molar-refractivity contribution in [3.63, 3.8) is 0 Å². The number of rotatable bonds is 7. The zero-order chi connectivity index (χ0) is 17.9. The second-order valence-electron chi connectivity index (χ2n) is 9.36. The average Bonchev–Trinajstić information content (AvgIpc) is 3.10. The van der Waals surface area contributed by atoms with Gasteiger partial charge in [-0.25, -0.2) is 0 Å². The summed E-state index contributed by atoms with van der Waals surface area (Å²) < 4.78 is 11.6. The predicted molar refractivity (Wildman–Crippen MR) is 98.6 cm³/mol. The molecule has 0 radical (unpaired) electrons. The van der Waals surface area contributed by atoms with Crippen LogP contribution in [-0.4, -0.2) is 39.3 Å². The lowest BCUT2D eigenvalue weighted by atomic mass is 10.1. The van der Waals surface area contributed by atoms with E-state index in [0.29, 0.717) is 0 Å². The minimum absolute atomic E-state index is 0.108. The zero-order valence-electron chi connectivity index (χ0n) is 16.3. The molecule has 0 aromatic rings. The van der Waals surface area contributed by atoms with Crippen LogP contribution in [0.2, 0.25) is 18.1 Å². The molecule has 23 heavy (non-hydrogen) atoms. The van der Waals surface area contributed by atoms with Gasteiger partial charge in [-0.15, -0.1) is 0 Å². The second kappa shape index (κ2) is 7.05. The molecular formula is C18H35NO3Si. The highest BCUT2D eigenvalue weighted by molar-refractivity contribution is 6.74. The molecule has 0 amide bonds. The summed E-state index contributed by atoms with van der Waals surface area (Å²) >= 11 is 0. The maximum atomic E-state index is 11.6. The highest BCUT2D eigenvalue weighted by Crippen LogP contribution is 2.50. The Labute approximate surface area is 143 Å². The fourth-order valence-electron chi connectivity index (χ4n) is 1.91. The van der Waals surface area contributed by atoms with Crippen LogP contribution in [0, 0.1) is 5.41 Å². The van der Waals surface area contributed by atoms with Crippen molar-refractivity contribution in [1.82, 2.24) is 0 Å². The smallest absolute Gasteiger partial charge is 0.328 e. The molecule has 0 atom stereocenters. The van der Waals surface area contributed by atoms with Crippen LogP contribution in [0.3, 0.4) is 0 Å². The van der Waals surface area contributed by atoms with Gasteiger partial charge in [-0.2, -0.15) is 0 Å². The summed E-state index contributed by atoms with van der Waals surface area (Å²) in [5, 5.41) is 0.244. The van der Waals surface area contributed by atoms with Crippen molar-refractivity contribution < 1.29 is 14.0 Å². The monoisotopic (exact) mass is 341 g/mol. The van der Waals surface area contributed by atoms with E-state index in [9.17, 15) is 4.79 Å². The van der Waals surface area contributed by atoms with Gasteiger partial charge in [0.15, 0.2) is 8.32 Å². The van der Waals surface area contributed by atoms with Crippen molar-refractivity contribution >= 4 is 20.5 Å². The second-order valence-corrected chi connectivity index (χ2v) is 14.2. The number of hydrogen-bond acceptors (Lipinski definition) is 4. The Bertz CT molecular complexity index is 440. The van der Waals surface area contributed by atoms with Gasteiger partial charge >= 0.3 is 5.97 Å². The molecular weight excluding hydrogens is 306 g/mol. The summed E-state index contributed by atoms with van der Waals surface area (Å²) in [6.45, 7) is 17.9. The highest BCUT2D eigenvalue weighted by atomic mass is 28.4. The van der Waals surface area contributed by atoms with Gasteiger partial charge in [-0.1, -0.05) is 20.8 Å². The zero-order valence-corrected chi connectivity index (χ0v) is 17.3. The van der Waals surface area contributed by atoms with Crippen LogP contribution in [0.5, 0.6) is 0 Å². The van der Waals surface area contributed by atoms with Gasteiger partial charge in [-0.05, 0) is 63.6 Å². The topological polar surface area (TPSA) is 47.9 Å². The number of hydrogen-bond donors (Lipinski definition) is 0. The number of ether oxygens (including phenoxy) is 1. The van der Waals surface area contributed by atoms with E-state index < -0.39 is 13.9 Å². The van der Waals surface area contributed by atoms with Crippen LogP contribution in [0.25, 0.3) is 0 Å². The molecule has 5 heteroatoms. The Morgan fingerprint density at radius 1 is 1.17 bits per heavy atom. The highest BCUT2D eigenvalue weighted by Gasteiger charge is 2.45. The molecule has 0 unspecified atom stereocenters. The third-order valence-electron chi connectivity index (χ3n) is 4.80. The van der Waals surface area contributed by atoms with Crippen LogP contribution >= 0.6 is 0 Å². The Hall–Kier alpha value is -0.683. The number of esters is 1. The van der Waals surface area contributed by atoms with Crippen molar-refractivity contribution in [1.29, 1.82) is 0 Å². The third-order valence-corrected chi connectivity index (χ3v) is 9.27. The first-order chi connectivity index (χ1) is 10.3. The molecule has 1 rings (SSSR count). The fourth-order valence-corrected chi connectivity index (χ4v) is 3.01. The molecule has 1 aliphatic carbocycles. The maximum absolute atomic E-state index is 11.6. The molecule has 0 heterocycles. The van der Waals surface area contributed by atoms with Gasteiger partial charge in [0.2, 0.25) is 0 Å². The minimum Gasteiger partial charge on any atom is -0.459 e. The summed E-state index contributed by atoms with van der Waals surface area (Å²) in [4.78, 5) is 15.8. The number of aliphatic imine (C=N–C) groups is 1. The Kier molecular flexibility index (Phi) is 6.25. The molecule has 0 aliphatic heterocycles. The number of carbonyl (C=O) groups is 1. The van der Waals surface area contributed by atoms with E-state index in [0.717, 1.165) is 13.0 Å². The quantitative estimate of drug-likeness (QED) is 0.386. The number of carbonyl (C=O) groups excluding carboxylic acids is 1. The molecule has 0 saturated heterocycles. The molecule has 0 aromatic carbocycles. The van der Waals surface area contributed by atoms with Gasteiger partial charge in [-0.3, -0.25) is 9.79 Å². The SMILES string of the molecule is CC(C)(C)OC(=O)CN=CCC1(CO[Si](C)(C)C(C)(C)C)CC1. The molecule has 4 nitrogen and oxygen atoms in total. The molecule has 134 valence electrons. The van der Waals surface area contributed by atoms with Gasteiger partial charge in [0.1, 0.15) is 12.1 Å². The largest absolute Gasteiger partial charge is 0.459 e. The summed E-state index contributed by atoms with van der Waals surface area (Å²) in [7, 11) is -1.69. The molecule has 1 fully saturated rings. The van der Waals surface area contributed by atoms with E-state index in [4.69, 9.17) is 9.16 Å². The third kappa shape index (κ3) is 7.17. The lowest BCUT2D eigenvalue weighted by Gasteiger charge is -2.37. The first-order valence-electron chi connectivity index (χ1n) is 8.61. The van der Waals surface area contributed by atoms with Crippen LogP contribution in [-0.2, 0) is 14.0 Å². The van der Waals surface area contributed by atoms with Gasteiger partial charge in [0.25, 0.3) is 0 Å². The molecule has 0 bridgehead atoms. The normalized spacial score (nSPS) is 18.3. The van der Waals surface area contributed by atoms with Crippen molar-refractivity contribution in [2.24, 2.45) is 10.4 Å². The molecule has 1 aliphatic rings. The van der Waals surface area contributed by atoms with Crippen molar-refractivity contribution in [2.75, 3.05) is 13.2 Å². The molecule has 0 N–H and O–H groups in total. The van der Waals surface area contributed by atoms with Crippen molar-refractivity contribution in [2.45, 2.75) is 84.5 Å². The van der Waals surface area contributed by atoms with Gasteiger partial charge in [0.05, 0.1) is 0 Å². The Balaban J connectivity index is 2.37. The minimum atomic E-state index is -1.69. The van der Waals surface area contributed by atoms with Crippen LogP contribution in [0.4, 0.5) is 0 Å². The van der Waals surface area contributed by atoms with Crippen molar-refractivity contribution in [3.8, 4) is 0 Å². The summed E-state index contributed by atoms with van der Waals surface area (Å²) in [6, 6.07) is 0. The lowest BCUT2D eigenvalue weighted by molar-refractivity contribution is -0.152. The van der Waals surface area contributed by atoms with E-state index in [1.807, 2.05) is 27.0 Å². The van der Waals surface area contributed by atoms with Crippen LogP contribution < -0.4 is 0 Å². The number of nitrogens with zero attached hydrogens (tertiary/aromatic N) is 1. The van der Waals surface area contributed by atoms with Gasteiger partial charge < -0.3 is 9.16 Å². The van der Waals surface area contributed by atoms with E-state index in [1.54, 1.807) is 0 Å². The van der Waals surface area contributed by atoms with E-state index in [1.165, 1.54) is 12.8 Å². The van der Waals surface area contributed by atoms with Gasteiger partial charge in [0, 0.05) is 12.8 Å². The summed E-state index contributed by atoms with van der Waals surface area (Å²) in [5.74, 6) is -0.267. The Morgan fingerprint density at radius 2 is 1.74 bits per heavy atom. The molecule has 0 aromatic heterocycles.